The van der Waals surface area contributed by atoms with Gasteiger partial charge < -0.3 is 10.5 Å². The first-order chi connectivity index (χ1) is 15.1. The van der Waals surface area contributed by atoms with E-state index < -0.39 is 9.84 Å². The third kappa shape index (κ3) is 4.95. The molecule has 1 aliphatic carbocycles. The van der Waals surface area contributed by atoms with Crippen molar-refractivity contribution in [1.82, 2.24) is 4.90 Å². The Bertz CT molecular complexity index is 1090. The Morgan fingerprint density at radius 3 is 2.59 bits per heavy atom. The van der Waals surface area contributed by atoms with E-state index in [-0.39, 0.29) is 22.6 Å². The summed E-state index contributed by atoms with van der Waals surface area (Å²) in [5.41, 5.74) is 8.61. The van der Waals surface area contributed by atoms with Crippen LogP contribution in [0.2, 0.25) is 10.0 Å². The summed E-state index contributed by atoms with van der Waals surface area (Å²) in [4.78, 5) is 2.71. The van der Waals surface area contributed by atoms with E-state index in [9.17, 15) is 8.42 Å². The summed E-state index contributed by atoms with van der Waals surface area (Å²) in [7, 11) is -3.27. The van der Waals surface area contributed by atoms with Crippen molar-refractivity contribution < 1.29 is 13.2 Å². The molecule has 1 aliphatic heterocycles. The van der Waals surface area contributed by atoms with Gasteiger partial charge in [-0.1, -0.05) is 36.5 Å². The van der Waals surface area contributed by atoms with Gasteiger partial charge in [0.25, 0.3) is 0 Å². The van der Waals surface area contributed by atoms with Crippen molar-refractivity contribution in [2.24, 2.45) is 5.73 Å². The van der Waals surface area contributed by atoms with Crippen molar-refractivity contribution in [3.05, 3.63) is 57.6 Å². The quantitative estimate of drug-likeness (QED) is 0.606. The second-order valence-electron chi connectivity index (χ2n) is 9.20. The van der Waals surface area contributed by atoms with Crippen molar-refractivity contribution in [3.63, 3.8) is 0 Å². The maximum Gasteiger partial charge on any atom is 0.175 e. The number of piperidine rings is 1. The highest BCUT2D eigenvalue weighted by Gasteiger charge is 2.43. The van der Waals surface area contributed by atoms with Crippen LogP contribution in [-0.2, 0) is 16.3 Å². The number of hydrogen-bond acceptors (Lipinski definition) is 5. The van der Waals surface area contributed by atoms with Gasteiger partial charge >= 0.3 is 0 Å². The number of hydrogen-bond donors (Lipinski definition) is 1. The summed E-state index contributed by atoms with van der Waals surface area (Å²) >= 11 is 12.9. The molecule has 0 aromatic heterocycles. The SMILES string of the molecule is CCCC1(N)CCCN(C2Cc3c(Cl)cc(Cl)cc3C2Oc2ccc(S(C)(=O)=O)cc2)C1. The van der Waals surface area contributed by atoms with E-state index in [1.807, 2.05) is 6.07 Å². The van der Waals surface area contributed by atoms with Crippen molar-refractivity contribution in [2.45, 2.75) is 61.6 Å². The molecule has 8 heteroatoms. The van der Waals surface area contributed by atoms with Crippen LogP contribution in [0.25, 0.3) is 0 Å². The zero-order chi connectivity index (χ0) is 23.1. The molecule has 2 aromatic rings. The summed E-state index contributed by atoms with van der Waals surface area (Å²) in [6, 6.07) is 10.4. The number of likely N-dealkylation sites (tertiary alicyclic amines) is 1. The molecule has 2 aromatic carbocycles. The van der Waals surface area contributed by atoms with E-state index in [0.717, 1.165) is 56.3 Å². The van der Waals surface area contributed by atoms with Gasteiger partial charge in [-0.25, -0.2) is 8.42 Å². The fourth-order valence-electron chi connectivity index (χ4n) is 5.17. The highest BCUT2D eigenvalue weighted by atomic mass is 35.5. The van der Waals surface area contributed by atoms with E-state index in [1.165, 1.54) is 6.26 Å². The van der Waals surface area contributed by atoms with Crippen LogP contribution in [0.3, 0.4) is 0 Å². The van der Waals surface area contributed by atoms with E-state index in [1.54, 1.807) is 30.3 Å². The third-order valence-corrected chi connectivity index (χ3v) is 8.32. The molecule has 1 saturated heterocycles. The molecule has 0 spiro atoms. The van der Waals surface area contributed by atoms with Crippen molar-refractivity contribution in [1.29, 1.82) is 0 Å². The van der Waals surface area contributed by atoms with Gasteiger partial charge in [-0.3, -0.25) is 4.90 Å². The molecule has 3 atom stereocenters. The molecule has 0 amide bonds. The molecular formula is C24H30Cl2N2O3S. The Kier molecular flexibility index (Phi) is 6.81. The van der Waals surface area contributed by atoms with Gasteiger partial charge in [0.1, 0.15) is 11.9 Å². The molecule has 1 fully saturated rings. The van der Waals surface area contributed by atoms with Gasteiger partial charge in [0.05, 0.1) is 10.9 Å². The van der Waals surface area contributed by atoms with Crippen LogP contribution in [0, 0.1) is 0 Å². The van der Waals surface area contributed by atoms with Crippen LogP contribution in [0.1, 0.15) is 49.8 Å². The highest BCUT2D eigenvalue weighted by Crippen LogP contribution is 2.44. The topological polar surface area (TPSA) is 72.6 Å². The standard InChI is InChI=1S/C24H30Cl2N2O3S/c1-3-9-24(27)10-4-11-28(15-24)22-14-19-20(12-16(25)13-21(19)26)23(22)31-17-5-7-18(8-6-17)32(2,29)30/h5-8,12-13,22-23H,3-4,9-11,14-15,27H2,1-2H3. The largest absolute Gasteiger partial charge is 0.484 e. The molecule has 0 bridgehead atoms. The van der Waals surface area contributed by atoms with E-state index in [0.29, 0.717) is 15.8 Å². The number of ether oxygens (including phenoxy) is 1. The summed E-state index contributed by atoms with van der Waals surface area (Å²) in [5, 5.41) is 1.23. The number of nitrogens with two attached hydrogens (primary N) is 1. The minimum Gasteiger partial charge on any atom is -0.484 e. The second-order valence-corrected chi connectivity index (χ2v) is 12.1. The van der Waals surface area contributed by atoms with Crippen LogP contribution in [0.4, 0.5) is 0 Å². The minimum atomic E-state index is -3.27. The Morgan fingerprint density at radius 2 is 1.94 bits per heavy atom. The average Bonchev–Trinajstić information content (AvgIpc) is 3.06. The lowest BCUT2D eigenvalue weighted by atomic mass is 9.85. The fourth-order valence-corrected chi connectivity index (χ4v) is 6.39. The Balaban J connectivity index is 1.66. The monoisotopic (exact) mass is 496 g/mol. The summed E-state index contributed by atoms with van der Waals surface area (Å²) < 4.78 is 30.1. The van der Waals surface area contributed by atoms with Crippen LogP contribution in [0.15, 0.2) is 41.3 Å². The number of rotatable bonds is 6. The van der Waals surface area contributed by atoms with Crippen LogP contribution < -0.4 is 10.5 Å². The molecule has 32 heavy (non-hydrogen) atoms. The van der Waals surface area contributed by atoms with Gasteiger partial charge in [0, 0.05) is 33.9 Å². The summed E-state index contributed by atoms with van der Waals surface area (Å²) in [6.07, 6.45) is 5.82. The predicted molar refractivity (Wildman–Crippen MR) is 130 cm³/mol. The van der Waals surface area contributed by atoms with Gasteiger partial charge in [-0.05, 0) is 74.2 Å². The van der Waals surface area contributed by atoms with E-state index in [4.69, 9.17) is 33.7 Å². The van der Waals surface area contributed by atoms with Gasteiger partial charge in [0.2, 0.25) is 0 Å². The van der Waals surface area contributed by atoms with Gasteiger partial charge in [-0.2, -0.15) is 0 Å². The summed E-state index contributed by atoms with van der Waals surface area (Å²) in [5.74, 6) is 0.612. The number of fused-ring (bicyclic) bond motifs is 1. The molecule has 3 unspecified atom stereocenters. The first kappa shape index (κ1) is 23.8. The lowest BCUT2D eigenvalue weighted by Gasteiger charge is -2.44. The smallest absolute Gasteiger partial charge is 0.175 e. The number of benzene rings is 2. The number of nitrogens with zero attached hydrogens (tertiary/aromatic N) is 1. The maximum absolute atomic E-state index is 11.8. The zero-order valence-electron chi connectivity index (χ0n) is 18.5. The zero-order valence-corrected chi connectivity index (χ0v) is 20.8. The van der Waals surface area contributed by atoms with Gasteiger partial charge in [-0.15, -0.1) is 0 Å². The summed E-state index contributed by atoms with van der Waals surface area (Å²) in [6.45, 7) is 3.95. The molecule has 0 radical (unpaired) electrons. The first-order valence-corrected chi connectivity index (χ1v) is 13.7. The van der Waals surface area contributed by atoms with Crippen LogP contribution in [0.5, 0.6) is 5.75 Å². The molecule has 174 valence electrons. The molecule has 4 rings (SSSR count). The molecule has 2 N–H and O–H groups in total. The fraction of sp³-hybridized carbons (Fsp3) is 0.500. The molecule has 0 saturated carbocycles. The first-order valence-electron chi connectivity index (χ1n) is 11.1. The normalized spacial score (nSPS) is 26.2. The lowest BCUT2D eigenvalue weighted by Crippen LogP contribution is -2.57. The molecular weight excluding hydrogens is 467 g/mol. The predicted octanol–water partition coefficient (Wildman–Crippen LogP) is 5.04. The van der Waals surface area contributed by atoms with Crippen molar-refractivity contribution in [3.8, 4) is 5.75 Å². The Labute approximate surface area is 200 Å². The van der Waals surface area contributed by atoms with E-state index in [2.05, 4.69) is 11.8 Å². The number of sulfone groups is 1. The molecule has 5 nitrogen and oxygen atoms in total. The van der Waals surface area contributed by atoms with Gasteiger partial charge in [0.15, 0.2) is 9.84 Å². The van der Waals surface area contributed by atoms with Crippen molar-refractivity contribution in [2.75, 3.05) is 19.3 Å². The Morgan fingerprint density at radius 1 is 1.22 bits per heavy atom. The molecule has 1 heterocycles. The van der Waals surface area contributed by atoms with Crippen molar-refractivity contribution >= 4 is 33.0 Å². The maximum atomic E-state index is 11.8. The number of halogens is 2. The van der Waals surface area contributed by atoms with E-state index >= 15 is 0 Å². The lowest BCUT2D eigenvalue weighted by molar-refractivity contribution is 0.0371. The van der Waals surface area contributed by atoms with Crippen LogP contribution >= 0.6 is 23.2 Å². The highest BCUT2D eigenvalue weighted by molar-refractivity contribution is 7.90. The third-order valence-electron chi connectivity index (χ3n) is 6.63. The second kappa shape index (κ2) is 9.15. The molecule has 2 aliphatic rings. The average molecular weight is 497 g/mol. The minimum absolute atomic E-state index is 0.0793. The Hall–Kier alpha value is -1.31. The van der Waals surface area contributed by atoms with Crippen LogP contribution in [-0.4, -0.2) is 44.2 Å².